The van der Waals surface area contributed by atoms with Crippen molar-refractivity contribution < 1.29 is 38.3 Å². The number of oxime groups is 1. The zero-order valence-electron chi connectivity index (χ0n) is 10.3. The van der Waals surface area contributed by atoms with Crippen molar-refractivity contribution in [2.75, 3.05) is 13.2 Å². The Balaban J connectivity index is 0. The second-order valence-electron chi connectivity index (χ2n) is 3.06. The average molecular weight is 223 g/mol. The molecule has 0 atom stereocenters. The van der Waals surface area contributed by atoms with E-state index in [4.69, 9.17) is 9.57 Å². The molecule has 0 aromatic heterocycles. The number of rotatable bonds is 8. The van der Waals surface area contributed by atoms with E-state index in [1.54, 1.807) is 6.92 Å². The summed E-state index contributed by atoms with van der Waals surface area (Å²) in [5.41, 5.74) is 0. The van der Waals surface area contributed by atoms with Gasteiger partial charge in [-0.25, -0.2) is 0 Å². The van der Waals surface area contributed by atoms with E-state index in [1.807, 2.05) is 6.92 Å². The third kappa shape index (κ3) is 13.3. The summed E-state index contributed by atoms with van der Waals surface area (Å²) in [6, 6.07) is 0. The molecule has 0 unspecified atom stereocenters. The molecule has 0 aliphatic heterocycles. The molecule has 0 aromatic rings. The van der Waals surface area contributed by atoms with Crippen molar-refractivity contribution >= 4 is 11.9 Å². The zero-order valence-corrected chi connectivity index (χ0v) is 10.3. The van der Waals surface area contributed by atoms with Gasteiger partial charge in [0.05, 0.1) is 6.61 Å². The molecular formula is C10H18LiNO4. The Labute approximate surface area is 108 Å². The maximum absolute atomic E-state index is 10.1. The maximum Gasteiger partial charge on any atom is 1.00 e. The smallest absolute Gasteiger partial charge is 0.550 e. The molecule has 0 aromatic carbocycles. The first-order valence-electron chi connectivity index (χ1n) is 5.16. The fourth-order valence-electron chi connectivity index (χ4n) is 0.985. The summed E-state index contributed by atoms with van der Waals surface area (Å²) in [7, 11) is 0. The van der Waals surface area contributed by atoms with E-state index in [2.05, 4.69) is 5.16 Å². The molecule has 0 heterocycles. The summed E-state index contributed by atoms with van der Waals surface area (Å²) < 4.78 is 5.04. The molecule has 0 spiro atoms. The minimum Gasteiger partial charge on any atom is -0.550 e. The molecule has 0 fully saturated rings. The Morgan fingerprint density at radius 1 is 1.31 bits per heavy atom. The van der Waals surface area contributed by atoms with Crippen molar-refractivity contribution in [2.45, 2.75) is 39.5 Å². The number of hydrogen-bond acceptors (Lipinski definition) is 5. The first kappa shape index (κ1) is 17.7. The van der Waals surface area contributed by atoms with Gasteiger partial charge < -0.3 is 19.5 Å². The Bertz CT molecular complexity index is 209. The van der Waals surface area contributed by atoms with Crippen LogP contribution in [0.3, 0.4) is 0 Å². The van der Waals surface area contributed by atoms with Crippen LogP contribution in [0.25, 0.3) is 0 Å². The molecule has 6 heteroatoms. The van der Waals surface area contributed by atoms with Gasteiger partial charge in [0.15, 0.2) is 0 Å². The van der Waals surface area contributed by atoms with Gasteiger partial charge >= 0.3 is 18.9 Å². The molecule has 5 nitrogen and oxygen atoms in total. The second-order valence-corrected chi connectivity index (χ2v) is 3.06. The summed E-state index contributed by atoms with van der Waals surface area (Å²) in [5, 5.41) is 13.8. The van der Waals surface area contributed by atoms with Gasteiger partial charge in [-0.3, -0.25) is 0 Å². The van der Waals surface area contributed by atoms with Crippen LogP contribution in [-0.4, -0.2) is 25.1 Å². The summed E-state index contributed by atoms with van der Waals surface area (Å²) >= 11 is 0. The zero-order chi connectivity index (χ0) is 11.5. The molecule has 0 amide bonds. The van der Waals surface area contributed by atoms with Crippen molar-refractivity contribution in [3.8, 4) is 0 Å². The van der Waals surface area contributed by atoms with Crippen molar-refractivity contribution in [3.05, 3.63) is 0 Å². The average Bonchev–Trinajstić information content (AvgIpc) is 2.16. The third-order valence-corrected chi connectivity index (χ3v) is 1.66. The third-order valence-electron chi connectivity index (χ3n) is 1.66. The second kappa shape index (κ2) is 12.4. The van der Waals surface area contributed by atoms with E-state index in [9.17, 15) is 9.90 Å². The van der Waals surface area contributed by atoms with E-state index >= 15 is 0 Å². The van der Waals surface area contributed by atoms with E-state index in [0.29, 0.717) is 25.5 Å². The van der Waals surface area contributed by atoms with Crippen LogP contribution in [0.5, 0.6) is 0 Å². The molecule has 0 radical (unpaired) electrons. The Hall–Kier alpha value is -0.663. The van der Waals surface area contributed by atoms with Crippen LogP contribution in [-0.2, 0) is 14.4 Å². The molecule has 88 valence electrons. The number of ether oxygens (including phenoxy) is 1. The Morgan fingerprint density at radius 2 is 2.00 bits per heavy atom. The fraction of sp³-hybridized carbons (Fsp3) is 0.800. The van der Waals surface area contributed by atoms with Gasteiger partial charge in [0.2, 0.25) is 5.90 Å². The van der Waals surface area contributed by atoms with Crippen LogP contribution in [0, 0.1) is 0 Å². The molecule has 0 bridgehead atoms. The van der Waals surface area contributed by atoms with Gasteiger partial charge in [-0.2, -0.15) is 0 Å². The normalized spacial score (nSPS) is 10.5. The number of hydrogen-bond donors (Lipinski definition) is 0. The Kier molecular flexibility index (Phi) is 13.7. The first-order chi connectivity index (χ1) is 7.16. The van der Waals surface area contributed by atoms with Gasteiger partial charge in [-0.1, -0.05) is 5.16 Å². The number of aliphatic carboxylic acids is 1. The van der Waals surface area contributed by atoms with Crippen LogP contribution < -0.4 is 24.0 Å². The van der Waals surface area contributed by atoms with Crippen molar-refractivity contribution in [1.82, 2.24) is 0 Å². The van der Waals surface area contributed by atoms with Crippen LogP contribution in [0.2, 0.25) is 0 Å². The van der Waals surface area contributed by atoms with Gasteiger partial charge in [-0.15, -0.1) is 0 Å². The van der Waals surface area contributed by atoms with Crippen molar-refractivity contribution in [1.29, 1.82) is 0 Å². The van der Waals surface area contributed by atoms with Gasteiger partial charge in [-0.05, 0) is 32.6 Å². The predicted molar refractivity (Wildman–Crippen MR) is 54.2 cm³/mol. The molecule has 0 saturated carbocycles. The largest absolute Gasteiger partial charge is 1.00 e. The van der Waals surface area contributed by atoms with E-state index in [1.165, 1.54) is 0 Å². The number of unbranched alkanes of at least 4 members (excludes halogenated alkanes) is 2. The summed E-state index contributed by atoms with van der Waals surface area (Å²) in [4.78, 5) is 15.0. The summed E-state index contributed by atoms with van der Waals surface area (Å²) in [6.07, 6.45) is 2.33. The topological polar surface area (TPSA) is 71.0 Å². The fourth-order valence-corrected chi connectivity index (χ4v) is 0.985. The van der Waals surface area contributed by atoms with Crippen LogP contribution in [0.4, 0.5) is 0 Å². The van der Waals surface area contributed by atoms with Crippen LogP contribution in [0.1, 0.15) is 39.5 Å². The number of carbonyl (C=O) groups excluding carboxylic acids is 1. The summed E-state index contributed by atoms with van der Waals surface area (Å²) in [6.45, 7) is 4.65. The molecule has 0 rings (SSSR count). The van der Waals surface area contributed by atoms with E-state index in [0.717, 1.165) is 12.8 Å². The van der Waals surface area contributed by atoms with E-state index in [-0.39, 0.29) is 25.3 Å². The maximum atomic E-state index is 10.1. The van der Waals surface area contributed by atoms with Gasteiger partial charge in [0, 0.05) is 12.9 Å². The molecule has 0 aliphatic rings. The van der Waals surface area contributed by atoms with Crippen molar-refractivity contribution in [2.24, 2.45) is 5.16 Å². The van der Waals surface area contributed by atoms with Crippen LogP contribution >= 0.6 is 0 Å². The first-order valence-corrected chi connectivity index (χ1v) is 5.16. The molecule has 0 N–H and O–H groups in total. The minimum absolute atomic E-state index is 0. The quantitative estimate of drug-likeness (QED) is 0.152. The predicted octanol–water partition coefficient (Wildman–Crippen LogP) is -2.31. The number of carboxylic acid groups (broad SMARTS) is 1. The molecule has 0 saturated heterocycles. The van der Waals surface area contributed by atoms with Gasteiger partial charge in [0.1, 0.15) is 6.61 Å². The number of nitrogens with zero attached hydrogens (tertiary/aromatic N) is 1. The molecular weight excluding hydrogens is 205 g/mol. The minimum atomic E-state index is -0.999. The Morgan fingerprint density at radius 3 is 2.56 bits per heavy atom. The molecule has 0 aliphatic carbocycles. The number of carbonyl (C=O) groups is 1. The number of carboxylic acids is 1. The van der Waals surface area contributed by atoms with Crippen LogP contribution in [0.15, 0.2) is 5.16 Å². The monoisotopic (exact) mass is 223 g/mol. The standard InChI is InChI=1S/C10H19NO4.Li/c1-3-14-9(2)11-15-8-6-4-5-7-10(12)13;/h3-8H2,1-2H3,(H,12,13);/q;+1/p-1/b11-9+;. The molecule has 16 heavy (non-hydrogen) atoms. The summed E-state index contributed by atoms with van der Waals surface area (Å²) in [5.74, 6) is -0.492. The van der Waals surface area contributed by atoms with Gasteiger partial charge in [0.25, 0.3) is 0 Å². The SMILES string of the molecule is CCO/C(C)=N/OCCCCCC(=O)[O-].[Li+]. The van der Waals surface area contributed by atoms with Crippen molar-refractivity contribution in [3.63, 3.8) is 0 Å². The van der Waals surface area contributed by atoms with E-state index < -0.39 is 5.97 Å².